The summed E-state index contributed by atoms with van der Waals surface area (Å²) < 4.78 is 5.42. The summed E-state index contributed by atoms with van der Waals surface area (Å²) in [5.74, 6) is 0.450. The maximum atomic E-state index is 12.8. The summed E-state index contributed by atoms with van der Waals surface area (Å²) in [7, 11) is 1.60. The van der Waals surface area contributed by atoms with Crippen LogP contribution in [0.15, 0.2) is 42.6 Å². The summed E-state index contributed by atoms with van der Waals surface area (Å²) in [5.41, 5.74) is 1.28. The minimum absolute atomic E-state index is 0.0200. The number of benzene rings is 1. The Kier molecular flexibility index (Phi) is 5.61. The van der Waals surface area contributed by atoms with Gasteiger partial charge in [-0.25, -0.2) is 0 Å². The fraction of sp³-hybridized carbons (Fsp3) is 0.400. The number of H-pyrrole nitrogens is 1. The van der Waals surface area contributed by atoms with Crippen molar-refractivity contribution in [2.24, 2.45) is 0 Å². The molecule has 1 saturated heterocycles. The zero-order valence-corrected chi connectivity index (χ0v) is 15.3. The number of hydrogen-bond acceptors (Lipinski definition) is 3. The van der Waals surface area contributed by atoms with Gasteiger partial charge in [0.25, 0.3) is 5.91 Å². The standard InChI is InChI=1S/C20H25N3O3/c1-3-4-8-15-13-23(17-10-5-6-11-18(17)26-2)19(24)14-22(15)20(25)16-9-7-12-21-16/h5-7,9-12,15,21H,3-4,8,13-14H2,1-2H3/t15-/m0/s1. The molecule has 0 unspecified atom stereocenters. The van der Waals surface area contributed by atoms with Gasteiger partial charge in [0, 0.05) is 12.7 Å². The fourth-order valence-electron chi connectivity index (χ4n) is 3.40. The molecule has 1 aliphatic rings. The van der Waals surface area contributed by atoms with Gasteiger partial charge in [0.15, 0.2) is 0 Å². The summed E-state index contributed by atoms with van der Waals surface area (Å²) in [6, 6.07) is 11.0. The molecule has 2 amide bonds. The van der Waals surface area contributed by atoms with E-state index in [0.29, 0.717) is 18.0 Å². The molecule has 1 aliphatic heterocycles. The van der Waals surface area contributed by atoms with Gasteiger partial charge in [-0.15, -0.1) is 0 Å². The van der Waals surface area contributed by atoms with Gasteiger partial charge < -0.3 is 19.5 Å². The smallest absolute Gasteiger partial charge is 0.271 e. The number of carbonyl (C=O) groups is 2. The molecule has 1 N–H and O–H groups in total. The molecule has 0 bridgehead atoms. The van der Waals surface area contributed by atoms with E-state index in [1.54, 1.807) is 35.2 Å². The highest BCUT2D eigenvalue weighted by Gasteiger charge is 2.36. The molecule has 0 saturated carbocycles. The van der Waals surface area contributed by atoms with E-state index in [0.717, 1.165) is 24.9 Å². The summed E-state index contributed by atoms with van der Waals surface area (Å²) in [6.07, 6.45) is 4.64. The zero-order valence-electron chi connectivity index (χ0n) is 15.3. The quantitative estimate of drug-likeness (QED) is 0.866. The van der Waals surface area contributed by atoms with Gasteiger partial charge in [-0.05, 0) is 30.7 Å². The number of methoxy groups -OCH3 is 1. The first-order chi connectivity index (χ1) is 12.7. The van der Waals surface area contributed by atoms with Crippen molar-refractivity contribution in [1.82, 2.24) is 9.88 Å². The largest absolute Gasteiger partial charge is 0.495 e. The maximum absolute atomic E-state index is 12.8. The number of nitrogens with one attached hydrogen (secondary N) is 1. The van der Waals surface area contributed by atoms with Gasteiger partial charge >= 0.3 is 0 Å². The Hall–Kier alpha value is -2.76. The molecule has 1 fully saturated rings. The number of para-hydroxylation sites is 2. The normalized spacial score (nSPS) is 17.5. The summed E-state index contributed by atoms with van der Waals surface area (Å²) in [4.78, 5) is 32.1. The van der Waals surface area contributed by atoms with E-state index in [1.807, 2.05) is 24.3 Å². The van der Waals surface area contributed by atoms with Crippen molar-refractivity contribution >= 4 is 17.5 Å². The van der Waals surface area contributed by atoms with Crippen LogP contribution < -0.4 is 9.64 Å². The number of amides is 2. The van der Waals surface area contributed by atoms with Crippen molar-refractivity contribution < 1.29 is 14.3 Å². The van der Waals surface area contributed by atoms with Crippen LogP contribution in [0.4, 0.5) is 5.69 Å². The molecule has 6 nitrogen and oxygen atoms in total. The molecule has 0 spiro atoms. The Morgan fingerprint density at radius 1 is 1.27 bits per heavy atom. The Labute approximate surface area is 153 Å². The Morgan fingerprint density at radius 2 is 2.08 bits per heavy atom. The number of nitrogens with zero attached hydrogens (tertiary/aromatic N) is 2. The number of unbranched alkanes of at least 4 members (excludes halogenated alkanes) is 1. The Morgan fingerprint density at radius 3 is 2.77 bits per heavy atom. The van der Waals surface area contributed by atoms with Crippen LogP contribution in [0.25, 0.3) is 0 Å². The average Bonchev–Trinajstić information content (AvgIpc) is 3.21. The zero-order chi connectivity index (χ0) is 18.5. The monoisotopic (exact) mass is 355 g/mol. The van der Waals surface area contributed by atoms with E-state index in [-0.39, 0.29) is 24.4 Å². The van der Waals surface area contributed by atoms with Gasteiger partial charge in [-0.1, -0.05) is 31.9 Å². The van der Waals surface area contributed by atoms with Crippen LogP contribution in [0.3, 0.4) is 0 Å². The van der Waals surface area contributed by atoms with E-state index in [9.17, 15) is 9.59 Å². The van der Waals surface area contributed by atoms with Gasteiger partial charge in [0.2, 0.25) is 5.91 Å². The first-order valence-electron chi connectivity index (χ1n) is 9.03. The number of aromatic amines is 1. The molecule has 1 atom stereocenters. The minimum atomic E-state index is -0.121. The van der Waals surface area contributed by atoms with Crippen molar-refractivity contribution in [1.29, 1.82) is 0 Å². The van der Waals surface area contributed by atoms with Crippen molar-refractivity contribution in [3.63, 3.8) is 0 Å². The van der Waals surface area contributed by atoms with Gasteiger partial charge in [0.05, 0.1) is 18.8 Å². The SMILES string of the molecule is CCCC[C@H]1CN(c2ccccc2OC)C(=O)CN1C(=O)c1ccc[nH]1. The third kappa shape index (κ3) is 3.59. The molecule has 0 aliphatic carbocycles. The number of rotatable bonds is 6. The number of aromatic nitrogens is 1. The second kappa shape index (κ2) is 8.08. The lowest BCUT2D eigenvalue weighted by Crippen LogP contribution is -2.58. The highest BCUT2D eigenvalue weighted by Crippen LogP contribution is 2.31. The maximum Gasteiger partial charge on any atom is 0.271 e. The summed E-state index contributed by atoms with van der Waals surface area (Å²) in [5, 5.41) is 0. The molecule has 2 aromatic rings. The van der Waals surface area contributed by atoms with E-state index >= 15 is 0 Å². The first kappa shape index (κ1) is 18.0. The third-order valence-corrected chi connectivity index (χ3v) is 4.80. The number of carbonyl (C=O) groups excluding carboxylic acids is 2. The first-order valence-corrected chi connectivity index (χ1v) is 9.03. The highest BCUT2D eigenvalue weighted by atomic mass is 16.5. The molecule has 0 radical (unpaired) electrons. The minimum Gasteiger partial charge on any atom is -0.495 e. The summed E-state index contributed by atoms with van der Waals surface area (Å²) in [6.45, 7) is 2.68. The number of anilines is 1. The van der Waals surface area contributed by atoms with Crippen LogP contribution in [0.2, 0.25) is 0 Å². The molecular weight excluding hydrogens is 330 g/mol. The van der Waals surface area contributed by atoms with Crippen LogP contribution in [0.5, 0.6) is 5.75 Å². The van der Waals surface area contributed by atoms with Crippen molar-refractivity contribution in [2.45, 2.75) is 32.2 Å². The topological polar surface area (TPSA) is 65.6 Å². The molecule has 2 heterocycles. The third-order valence-electron chi connectivity index (χ3n) is 4.80. The van der Waals surface area contributed by atoms with Crippen molar-refractivity contribution in [3.05, 3.63) is 48.3 Å². The summed E-state index contributed by atoms with van der Waals surface area (Å²) >= 11 is 0. The fourth-order valence-corrected chi connectivity index (χ4v) is 3.40. The van der Waals surface area contributed by atoms with Crippen molar-refractivity contribution in [3.8, 4) is 5.75 Å². The molecule has 26 heavy (non-hydrogen) atoms. The Bertz CT molecular complexity index is 757. The van der Waals surface area contributed by atoms with E-state index in [1.165, 1.54) is 0 Å². The number of ether oxygens (including phenoxy) is 1. The molecule has 3 rings (SSSR count). The van der Waals surface area contributed by atoms with Crippen LogP contribution in [-0.4, -0.2) is 47.9 Å². The lowest BCUT2D eigenvalue weighted by atomic mass is 10.0. The predicted octanol–water partition coefficient (Wildman–Crippen LogP) is 3.07. The Balaban J connectivity index is 1.87. The van der Waals surface area contributed by atoms with E-state index < -0.39 is 0 Å². The second-order valence-corrected chi connectivity index (χ2v) is 6.49. The molecule has 6 heteroatoms. The number of hydrogen-bond donors (Lipinski definition) is 1. The second-order valence-electron chi connectivity index (χ2n) is 6.49. The lowest BCUT2D eigenvalue weighted by Gasteiger charge is -2.41. The molecule has 1 aromatic carbocycles. The molecule has 138 valence electrons. The van der Waals surface area contributed by atoms with Gasteiger partial charge in [-0.2, -0.15) is 0 Å². The lowest BCUT2D eigenvalue weighted by molar-refractivity contribution is -0.121. The van der Waals surface area contributed by atoms with Crippen LogP contribution in [-0.2, 0) is 4.79 Å². The van der Waals surface area contributed by atoms with E-state index in [2.05, 4.69) is 11.9 Å². The van der Waals surface area contributed by atoms with E-state index in [4.69, 9.17) is 4.74 Å². The van der Waals surface area contributed by atoms with Crippen LogP contribution in [0.1, 0.15) is 36.7 Å². The highest BCUT2D eigenvalue weighted by molar-refractivity contribution is 6.02. The average molecular weight is 355 g/mol. The molecular formula is C20H25N3O3. The number of piperazine rings is 1. The van der Waals surface area contributed by atoms with Crippen LogP contribution in [0, 0.1) is 0 Å². The molecule has 1 aromatic heterocycles. The van der Waals surface area contributed by atoms with Crippen LogP contribution >= 0.6 is 0 Å². The predicted molar refractivity (Wildman–Crippen MR) is 100 cm³/mol. The van der Waals surface area contributed by atoms with Gasteiger partial charge in [0.1, 0.15) is 18.0 Å². The van der Waals surface area contributed by atoms with Gasteiger partial charge in [-0.3, -0.25) is 9.59 Å². The van der Waals surface area contributed by atoms with Crippen molar-refractivity contribution in [2.75, 3.05) is 25.1 Å².